The molecule has 0 saturated carbocycles. The van der Waals surface area contributed by atoms with Crippen LogP contribution in [0, 0.1) is 0 Å². The van der Waals surface area contributed by atoms with Crippen LogP contribution in [-0.2, 0) is 11.3 Å². The zero-order valence-corrected chi connectivity index (χ0v) is 27.6. The molecule has 244 valence electrons. The van der Waals surface area contributed by atoms with Gasteiger partial charge in [0.1, 0.15) is 17.9 Å². The summed E-state index contributed by atoms with van der Waals surface area (Å²) >= 11 is 0. The van der Waals surface area contributed by atoms with Crippen molar-refractivity contribution in [3.8, 4) is 5.75 Å². The summed E-state index contributed by atoms with van der Waals surface area (Å²) in [5.41, 5.74) is 3.27. The van der Waals surface area contributed by atoms with Crippen molar-refractivity contribution in [3.63, 3.8) is 0 Å². The molecule has 12 nitrogen and oxygen atoms in total. The van der Waals surface area contributed by atoms with Crippen molar-refractivity contribution >= 4 is 34.4 Å². The highest BCUT2D eigenvalue weighted by atomic mass is 16.5. The largest absolute Gasteiger partial charge is 0.494 e. The van der Waals surface area contributed by atoms with E-state index in [1.54, 1.807) is 6.33 Å². The number of nitrogens with zero attached hydrogens (tertiary/aromatic N) is 9. The van der Waals surface area contributed by atoms with E-state index in [4.69, 9.17) is 4.74 Å². The first-order chi connectivity index (χ1) is 22.2. The van der Waals surface area contributed by atoms with Gasteiger partial charge in [-0.15, -0.1) is 0 Å². The minimum absolute atomic E-state index is 0.0140. The van der Waals surface area contributed by atoms with Crippen LogP contribution < -0.4 is 14.5 Å². The average molecular weight is 628 g/mol. The number of likely N-dealkylation sites (N-methyl/N-ethyl adjacent to an activating group) is 1. The summed E-state index contributed by atoms with van der Waals surface area (Å²) in [4.78, 5) is 45.6. The van der Waals surface area contributed by atoms with E-state index >= 15 is 0 Å². The number of aromatic nitrogens is 4. The van der Waals surface area contributed by atoms with Gasteiger partial charge in [-0.1, -0.05) is 12.1 Å². The van der Waals surface area contributed by atoms with Crippen molar-refractivity contribution in [2.75, 3.05) is 90.4 Å². The summed E-state index contributed by atoms with van der Waals surface area (Å²) in [5, 5.41) is 5.51. The molecule has 1 saturated heterocycles. The van der Waals surface area contributed by atoms with E-state index in [1.165, 1.54) is 0 Å². The van der Waals surface area contributed by atoms with Crippen molar-refractivity contribution in [3.05, 3.63) is 72.2 Å². The lowest BCUT2D eigenvalue weighted by molar-refractivity contribution is -0.118. The first-order valence-corrected chi connectivity index (χ1v) is 15.9. The molecule has 12 heteroatoms. The first kappa shape index (κ1) is 32.8. The number of hydrogen-bond donors (Lipinski definition) is 0. The Kier molecular flexibility index (Phi) is 10.8. The van der Waals surface area contributed by atoms with Gasteiger partial charge >= 0.3 is 0 Å². The SMILES string of the molecule is CCOc1cccc(Cn2ncc3c(N4CCN(C(=O)c5ccc(N(CCN(C)C)C(=O)CCN(C)C)cc5)CC4)ncnc32)c1. The fourth-order valence-corrected chi connectivity index (χ4v) is 5.56. The number of fused-ring (bicyclic) bond motifs is 1. The molecule has 0 radical (unpaired) electrons. The molecule has 5 rings (SSSR count). The number of benzene rings is 2. The van der Waals surface area contributed by atoms with Crippen LogP contribution in [0.25, 0.3) is 11.0 Å². The zero-order chi connectivity index (χ0) is 32.6. The zero-order valence-electron chi connectivity index (χ0n) is 27.6. The van der Waals surface area contributed by atoms with Gasteiger partial charge in [0.25, 0.3) is 5.91 Å². The maximum Gasteiger partial charge on any atom is 0.253 e. The van der Waals surface area contributed by atoms with E-state index in [-0.39, 0.29) is 11.8 Å². The highest BCUT2D eigenvalue weighted by Gasteiger charge is 2.25. The summed E-state index contributed by atoms with van der Waals surface area (Å²) in [6.45, 7) is 7.62. The molecule has 1 fully saturated rings. The molecule has 2 amide bonds. The summed E-state index contributed by atoms with van der Waals surface area (Å²) in [7, 11) is 7.92. The van der Waals surface area contributed by atoms with Crippen molar-refractivity contribution in [2.24, 2.45) is 0 Å². The number of anilines is 2. The first-order valence-electron chi connectivity index (χ1n) is 15.9. The molecule has 46 heavy (non-hydrogen) atoms. The summed E-state index contributed by atoms with van der Waals surface area (Å²) in [6.07, 6.45) is 3.84. The number of piperazine rings is 1. The average Bonchev–Trinajstić information content (AvgIpc) is 3.47. The minimum atomic E-state index is -0.0140. The normalized spacial score (nSPS) is 13.5. The topological polar surface area (TPSA) is 103 Å². The van der Waals surface area contributed by atoms with Crippen LogP contribution in [-0.4, -0.2) is 127 Å². The van der Waals surface area contributed by atoms with Gasteiger partial charge in [-0.2, -0.15) is 5.10 Å². The Hall–Kier alpha value is -4.55. The van der Waals surface area contributed by atoms with E-state index in [9.17, 15) is 9.59 Å². The minimum Gasteiger partial charge on any atom is -0.494 e. The van der Waals surface area contributed by atoms with Crippen LogP contribution in [0.2, 0.25) is 0 Å². The Balaban J connectivity index is 1.22. The van der Waals surface area contributed by atoms with Gasteiger partial charge < -0.3 is 29.2 Å². The predicted octanol–water partition coefficient (Wildman–Crippen LogP) is 3.08. The number of amides is 2. The molecule has 3 heterocycles. The van der Waals surface area contributed by atoms with Gasteiger partial charge in [0, 0.05) is 63.5 Å². The molecule has 0 bridgehead atoms. The smallest absolute Gasteiger partial charge is 0.253 e. The molecule has 2 aromatic heterocycles. The molecule has 0 N–H and O–H groups in total. The Bertz CT molecular complexity index is 1610. The highest BCUT2D eigenvalue weighted by Crippen LogP contribution is 2.25. The number of hydrogen-bond acceptors (Lipinski definition) is 9. The lowest BCUT2D eigenvalue weighted by atomic mass is 10.1. The Morgan fingerprint density at radius 3 is 2.33 bits per heavy atom. The summed E-state index contributed by atoms with van der Waals surface area (Å²) in [5.74, 6) is 1.72. The third-order valence-electron chi connectivity index (χ3n) is 8.09. The van der Waals surface area contributed by atoms with Gasteiger partial charge in [0.15, 0.2) is 5.65 Å². The van der Waals surface area contributed by atoms with Crippen LogP contribution in [0.4, 0.5) is 11.5 Å². The fourth-order valence-electron chi connectivity index (χ4n) is 5.56. The van der Waals surface area contributed by atoms with Crippen LogP contribution in [0.3, 0.4) is 0 Å². The van der Waals surface area contributed by atoms with Crippen molar-refractivity contribution in [1.29, 1.82) is 0 Å². The van der Waals surface area contributed by atoms with Gasteiger partial charge in [-0.3, -0.25) is 9.59 Å². The van der Waals surface area contributed by atoms with Gasteiger partial charge in [0.05, 0.1) is 24.7 Å². The molecule has 0 aliphatic carbocycles. The third-order valence-corrected chi connectivity index (χ3v) is 8.09. The molecule has 1 aliphatic heterocycles. The monoisotopic (exact) mass is 627 g/mol. The van der Waals surface area contributed by atoms with Gasteiger partial charge in [0.2, 0.25) is 5.91 Å². The van der Waals surface area contributed by atoms with E-state index < -0.39 is 0 Å². The predicted molar refractivity (Wildman–Crippen MR) is 181 cm³/mol. The lowest BCUT2D eigenvalue weighted by Crippen LogP contribution is -2.49. The molecule has 4 aromatic rings. The highest BCUT2D eigenvalue weighted by molar-refractivity contribution is 5.97. The summed E-state index contributed by atoms with van der Waals surface area (Å²) in [6, 6.07) is 15.4. The number of ether oxygens (including phenoxy) is 1. The Morgan fingerprint density at radius 2 is 1.63 bits per heavy atom. The summed E-state index contributed by atoms with van der Waals surface area (Å²) < 4.78 is 7.53. The van der Waals surface area contributed by atoms with Crippen LogP contribution in [0.5, 0.6) is 5.75 Å². The van der Waals surface area contributed by atoms with Crippen LogP contribution >= 0.6 is 0 Å². The third kappa shape index (κ3) is 7.99. The van der Waals surface area contributed by atoms with Crippen molar-refractivity contribution in [1.82, 2.24) is 34.4 Å². The van der Waals surface area contributed by atoms with Crippen molar-refractivity contribution in [2.45, 2.75) is 19.9 Å². The van der Waals surface area contributed by atoms with E-state index in [0.29, 0.717) is 64.4 Å². The number of carbonyl (C=O) groups is 2. The Labute approximate surface area is 271 Å². The second-order valence-corrected chi connectivity index (χ2v) is 12.0. The maximum absolute atomic E-state index is 13.5. The van der Waals surface area contributed by atoms with Gasteiger partial charge in [-0.25, -0.2) is 14.6 Å². The number of carbonyl (C=O) groups excluding carboxylic acids is 2. The molecular formula is C34H45N9O3. The molecule has 0 unspecified atom stereocenters. The van der Waals surface area contributed by atoms with Crippen LogP contribution in [0.15, 0.2) is 61.1 Å². The van der Waals surface area contributed by atoms with Gasteiger partial charge in [-0.05, 0) is 77.1 Å². The quantitative estimate of drug-likeness (QED) is 0.221. The molecule has 1 aliphatic rings. The standard InChI is InChI=1S/C34H45N9O3/c1-6-46-29-9-7-8-26(22-29)24-43-33-30(23-37-43)32(35-25-36-33)40-17-19-41(20-18-40)34(45)27-10-12-28(13-11-27)42(21-16-39(4)5)31(44)14-15-38(2)3/h7-13,22-23,25H,6,14-21,24H2,1-5H3. The fraction of sp³-hybridized carbons (Fsp3) is 0.441. The second kappa shape index (κ2) is 15.2. The van der Waals surface area contributed by atoms with Crippen LogP contribution in [0.1, 0.15) is 29.3 Å². The lowest BCUT2D eigenvalue weighted by Gasteiger charge is -2.35. The van der Waals surface area contributed by atoms with E-state index in [0.717, 1.165) is 40.4 Å². The van der Waals surface area contributed by atoms with Crippen molar-refractivity contribution < 1.29 is 14.3 Å². The molecule has 0 atom stereocenters. The molecule has 2 aromatic carbocycles. The second-order valence-electron chi connectivity index (χ2n) is 12.0. The molecular weight excluding hydrogens is 582 g/mol. The maximum atomic E-state index is 13.5. The number of rotatable bonds is 13. The molecule has 0 spiro atoms. The van der Waals surface area contributed by atoms with E-state index in [2.05, 4.69) is 30.9 Å². The van der Waals surface area contributed by atoms with E-state index in [1.807, 2.05) is 103 Å². The Morgan fingerprint density at radius 1 is 0.891 bits per heavy atom.